The topological polar surface area (TPSA) is 175 Å². The van der Waals surface area contributed by atoms with Gasteiger partial charge >= 0.3 is 11.9 Å². The second kappa shape index (κ2) is 11.3. The molecule has 3 rings (SSSR count). The average molecular weight is 520 g/mol. The summed E-state index contributed by atoms with van der Waals surface area (Å²) in [4.78, 5) is 47.3. The molecule has 0 radical (unpaired) electrons. The van der Waals surface area contributed by atoms with E-state index in [9.17, 15) is 35.1 Å². The standard InChI is InChI=1S/C26H24N4O8/c1-4-37-24(31)21(15-27)23-22(25(32)38-5-2)20(16-6-10-18(11-7-16)29(33)34)14-26(3,28-23)17-8-12-19(13-9-17)30(35)36/h6-14,21,28H,4-5H2,1-3H3. The van der Waals surface area contributed by atoms with Gasteiger partial charge in [0.05, 0.1) is 45.9 Å². The van der Waals surface area contributed by atoms with Crippen LogP contribution >= 0.6 is 0 Å². The third-order valence-electron chi connectivity index (χ3n) is 5.85. The number of hydrogen-bond donors (Lipinski definition) is 1. The number of non-ortho nitro benzene ring substituents is 2. The Morgan fingerprint density at radius 1 is 0.974 bits per heavy atom. The lowest BCUT2D eigenvalue weighted by Crippen LogP contribution is -2.45. The molecule has 0 spiro atoms. The van der Waals surface area contributed by atoms with Gasteiger partial charge in [0, 0.05) is 24.3 Å². The Bertz CT molecular complexity index is 1370. The van der Waals surface area contributed by atoms with Crippen LogP contribution in [-0.4, -0.2) is 35.0 Å². The number of nitrogens with zero attached hydrogens (tertiary/aromatic N) is 3. The van der Waals surface area contributed by atoms with Crippen LogP contribution in [0.2, 0.25) is 0 Å². The van der Waals surface area contributed by atoms with Crippen LogP contribution in [0.15, 0.2) is 65.9 Å². The number of benzene rings is 2. The van der Waals surface area contributed by atoms with Crippen LogP contribution in [0.1, 0.15) is 31.9 Å². The Morgan fingerprint density at radius 3 is 1.97 bits per heavy atom. The SMILES string of the molecule is CCOC(=O)C1=C(C(C#N)C(=O)OCC)NC(C)(c2ccc([N+](=O)[O-])cc2)C=C1c1ccc([N+](=O)[O-])cc1. The van der Waals surface area contributed by atoms with E-state index in [0.29, 0.717) is 11.1 Å². The molecule has 2 atom stereocenters. The van der Waals surface area contributed by atoms with Crippen molar-refractivity contribution < 1.29 is 28.9 Å². The van der Waals surface area contributed by atoms with Gasteiger partial charge in [0.2, 0.25) is 0 Å². The van der Waals surface area contributed by atoms with Gasteiger partial charge in [-0.2, -0.15) is 5.26 Å². The van der Waals surface area contributed by atoms with Gasteiger partial charge in [0.15, 0.2) is 5.92 Å². The predicted octanol–water partition coefficient (Wildman–Crippen LogP) is 3.93. The van der Waals surface area contributed by atoms with Gasteiger partial charge in [-0.1, -0.05) is 0 Å². The number of nitro benzene ring substituents is 2. The van der Waals surface area contributed by atoms with E-state index in [4.69, 9.17) is 9.47 Å². The van der Waals surface area contributed by atoms with E-state index in [1.54, 1.807) is 26.8 Å². The van der Waals surface area contributed by atoms with Crippen molar-refractivity contribution >= 4 is 28.9 Å². The Kier molecular flexibility index (Phi) is 8.22. The Hall–Kier alpha value is -5.05. The summed E-state index contributed by atoms with van der Waals surface area (Å²) in [5, 5.41) is 35.4. The zero-order valence-corrected chi connectivity index (χ0v) is 20.8. The molecule has 1 aliphatic rings. The lowest BCUT2D eigenvalue weighted by molar-refractivity contribution is -0.385. The van der Waals surface area contributed by atoms with Crippen molar-refractivity contribution in [2.24, 2.45) is 5.92 Å². The van der Waals surface area contributed by atoms with Gasteiger partial charge in [-0.3, -0.25) is 25.0 Å². The average Bonchev–Trinajstić information content (AvgIpc) is 2.89. The molecule has 0 saturated carbocycles. The Labute approximate surface area is 217 Å². The molecule has 0 aromatic heterocycles. The molecule has 1 N–H and O–H groups in total. The maximum atomic E-state index is 13.2. The fourth-order valence-electron chi connectivity index (χ4n) is 4.06. The summed E-state index contributed by atoms with van der Waals surface area (Å²) in [5.74, 6) is -3.27. The Balaban J connectivity index is 2.32. The van der Waals surface area contributed by atoms with Crippen LogP contribution in [0.25, 0.3) is 5.57 Å². The quantitative estimate of drug-likeness (QED) is 0.290. The zero-order valence-electron chi connectivity index (χ0n) is 20.8. The summed E-state index contributed by atoms with van der Waals surface area (Å²) in [6.45, 7) is 4.85. The number of hydrogen-bond acceptors (Lipinski definition) is 10. The summed E-state index contributed by atoms with van der Waals surface area (Å²) in [6, 6.07) is 12.9. The minimum atomic E-state index is -1.55. The highest BCUT2D eigenvalue weighted by atomic mass is 16.6. The fraction of sp³-hybridized carbons (Fsp3) is 0.269. The van der Waals surface area contributed by atoms with Crippen LogP contribution in [0.3, 0.4) is 0 Å². The van der Waals surface area contributed by atoms with Gasteiger partial charge in [-0.05, 0) is 67.8 Å². The largest absolute Gasteiger partial charge is 0.465 e. The van der Waals surface area contributed by atoms with Crippen molar-refractivity contribution in [1.29, 1.82) is 5.26 Å². The van der Waals surface area contributed by atoms with Crippen LogP contribution in [0.5, 0.6) is 0 Å². The van der Waals surface area contributed by atoms with E-state index in [-0.39, 0.29) is 41.4 Å². The number of esters is 2. The van der Waals surface area contributed by atoms with E-state index in [1.807, 2.05) is 6.07 Å². The first-order chi connectivity index (χ1) is 18.1. The number of nitro groups is 2. The highest BCUT2D eigenvalue weighted by Gasteiger charge is 2.41. The molecule has 0 aliphatic carbocycles. The first kappa shape index (κ1) is 27.5. The molecule has 12 nitrogen and oxygen atoms in total. The van der Waals surface area contributed by atoms with Crippen LogP contribution < -0.4 is 5.32 Å². The van der Waals surface area contributed by atoms with Crippen LogP contribution in [0.4, 0.5) is 11.4 Å². The molecule has 1 aliphatic heterocycles. The number of nitriles is 1. The maximum absolute atomic E-state index is 13.2. The highest BCUT2D eigenvalue weighted by molar-refractivity contribution is 6.09. The van der Waals surface area contributed by atoms with E-state index in [2.05, 4.69) is 5.32 Å². The number of carbonyl (C=O) groups excluding carboxylic acids is 2. The monoisotopic (exact) mass is 520 g/mol. The number of dihydropyridines is 1. The van der Waals surface area contributed by atoms with Crippen molar-refractivity contribution in [3.8, 4) is 6.07 Å². The van der Waals surface area contributed by atoms with Gasteiger partial charge in [-0.25, -0.2) is 4.79 Å². The number of rotatable bonds is 9. The highest BCUT2D eigenvalue weighted by Crippen LogP contribution is 2.40. The lowest BCUT2D eigenvalue weighted by Gasteiger charge is -2.37. The fourth-order valence-corrected chi connectivity index (χ4v) is 4.06. The molecule has 0 fully saturated rings. The van der Waals surface area contributed by atoms with Gasteiger partial charge in [-0.15, -0.1) is 0 Å². The molecular weight excluding hydrogens is 496 g/mol. The molecule has 0 bridgehead atoms. The van der Waals surface area contributed by atoms with E-state index in [0.717, 1.165) is 0 Å². The van der Waals surface area contributed by atoms with Crippen molar-refractivity contribution in [3.05, 3.63) is 97.2 Å². The van der Waals surface area contributed by atoms with E-state index < -0.39 is 33.2 Å². The summed E-state index contributed by atoms with van der Waals surface area (Å²) in [7, 11) is 0. The summed E-state index contributed by atoms with van der Waals surface area (Å²) in [5.41, 5.74) is -0.547. The van der Waals surface area contributed by atoms with E-state index >= 15 is 0 Å². The van der Waals surface area contributed by atoms with E-state index in [1.165, 1.54) is 48.5 Å². The van der Waals surface area contributed by atoms with Crippen LogP contribution in [0, 0.1) is 37.5 Å². The number of ether oxygens (including phenoxy) is 2. The third kappa shape index (κ3) is 5.52. The first-order valence-corrected chi connectivity index (χ1v) is 11.5. The summed E-state index contributed by atoms with van der Waals surface area (Å²) >= 11 is 0. The van der Waals surface area contributed by atoms with Crippen molar-refractivity contribution in [3.63, 3.8) is 0 Å². The van der Waals surface area contributed by atoms with Crippen molar-refractivity contribution in [2.45, 2.75) is 26.3 Å². The zero-order chi connectivity index (χ0) is 28.0. The van der Waals surface area contributed by atoms with Crippen molar-refractivity contribution in [2.75, 3.05) is 13.2 Å². The van der Waals surface area contributed by atoms with Gasteiger partial charge in [0.25, 0.3) is 11.4 Å². The molecule has 2 aromatic carbocycles. The van der Waals surface area contributed by atoms with Crippen molar-refractivity contribution in [1.82, 2.24) is 5.32 Å². The minimum absolute atomic E-state index is 0.000593. The Morgan fingerprint density at radius 2 is 1.50 bits per heavy atom. The predicted molar refractivity (Wildman–Crippen MR) is 134 cm³/mol. The molecule has 38 heavy (non-hydrogen) atoms. The molecule has 1 heterocycles. The lowest BCUT2D eigenvalue weighted by atomic mass is 9.79. The smallest absolute Gasteiger partial charge is 0.340 e. The molecule has 12 heteroatoms. The number of nitrogens with one attached hydrogen (secondary N) is 1. The molecule has 2 aromatic rings. The second-order valence-corrected chi connectivity index (χ2v) is 8.32. The molecule has 0 saturated heterocycles. The maximum Gasteiger partial charge on any atom is 0.340 e. The minimum Gasteiger partial charge on any atom is -0.465 e. The third-order valence-corrected chi connectivity index (χ3v) is 5.85. The molecule has 2 unspecified atom stereocenters. The van der Waals surface area contributed by atoms with Crippen LogP contribution in [-0.2, 0) is 24.6 Å². The van der Waals surface area contributed by atoms with Gasteiger partial charge < -0.3 is 14.8 Å². The number of carbonyl (C=O) groups is 2. The summed E-state index contributed by atoms with van der Waals surface area (Å²) < 4.78 is 10.3. The first-order valence-electron chi connectivity index (χ1n) is 11.5. The molecular formula is C26H24N4O8. The van der Waals surface area contributed by atoms with Gasteiger partial charge in [0.1, 0.15) is 0 Å². The second-order valence-electron chi connectivity index (χ2n) is 8.32. The summed E-state index contributed by atoms with van der Waals surface area (Å²) in [6.07, 6.45) is 1.64. The molecule has 196 valence electrons. The molecule has 0 amide bonds. The normalized spacial score (nSPS) is 17.4.